The van der Waals surface area contributed by atoms with Crippen molar-refractivity contribution in [3.63, 3.8) is 0 Å². The van der Waals surface area contributed by atoms with Crippen LogP contribution < -0.4 is 10.5 Å². The molecule has 0 bridgehead atoms. The Morgan fingerprint density at radius 3 is 2.20 bits per heavy atom. The fraction of sp³-hybridized carbons (Fsp3) is 0.348. The Hall–Kier alpha value is -3.35. The third-order valence-corrected chi connectivity index (χ3v) is 5.17. The summed E-state index contributed by atoms with van der Waals surface area (Å²) in [4.78, 5) is 37.1. The molecule has 4 rings (SSSR count). The van der Waals surface area contributed by atoms with Gasteiger partial charge in [-0.2, -0.15) is 0 Å². The molecule has 1 saturated heterocycles. The average molecular weight is 409 g/mol. The predicted molar refractivity (Wildman–Crippen MR) is 113 cm³/mol. The zero-order valence-electron chi connectivity index (χ0n) is 16.9. The van der Waals surface area contributed by atoms with Gasteiger partial charge < -0.3 is 20.3 Å². The maximum Gasteiger partial charge on any atom is 0.260 e. The topological polar surface area (TPSA) is 92.9 Å². The van der Waals surface area contributed by atoms with Gasteiger partial charge in [0.25, 0.3) is 11.8 Å². The highest BCUT2D eigenvalue weighted by atomic mass is 16.5. The quantitative estimate of drug-likeness (QED) is 0.739. The van der Waals surface area contributed by atoms with Crippen LogP contribution in [0.15, 0.2) is 54.6 Å². The summed E-state index contributed by atoms with van der Waals surface area (Å²) in [6.07, 6.45) is 3.59. The molecule has 0 unspecified atom stereocenters. The number of piperazine rings is 1. The Morgan fingerprint density at radius 2 is 1.60 bits per heavy atom. The van der Waals surface area contributed by atoms with Crippen LogP contribution in [0.4, 0.5) is 0 Å². The Kier molecular flexibility index (Phi) is 7.43. The number of primary amides is 1. The molecule has 1 aliphatic carbocycles. The summed E-state index contributed by atoms with van der Waals surface area (Å²) in [5.41, 5.74) is 7.01. The number of rotatable bonds is 6. The number of nitrogens with zero attached hydrogens (tertiary/aromatic N) is 2. The van der Waals surface area contributed by atoms with Crippen LogP contribution in [0.2, 0.25) is 0 Å². The van der Waals surface area contributed by atoms with E-state index in [0.29, 0.717) is 31.9 Å². The SMILES string of the molecule is NC(=O)c1ccccc1OCC(=O)N1CCN(C=O)CC1.c1ccc(C2CC2)cc1. The first-order valence-corrected chi connectivity index (χ1v) is 10.1. The molecule has 158 valence electrons. The summed E-state index contributed by atoms with van der Waals surface area (Å²) in [7, 11) is 0. The van der Waals surface area contributed by atoms with Crippen LogP contribution in [0.1, 0.15) is 34.7 Å². The van der Waals surface area contributed by atoms with E-state index in [4.69, 9.17) is 10.5 Å². The van der Waals surface area contributed by atoms with Crippen LogP contribution in [0.3, 0.4) is 0 Å². The standard InChI is InChI=1S/C14H17N3O4.C9H10/c15-14(20)11-3-1-2-4-12(11)21-9-13(19)17-7-5-16(10-18)6-8-17;1-2-4-8(5-3-1)9-6-7-9/h1-4,10H,5-9H2,(H2,15,20);1-5,9H,6-7H2. The van der Waals surface area contributed by atoms with Gasteiger partial charge in [0.05, 0.1) is 5.56 Å². The van der Waals surface area contributed by atoms with Gasteiger partial charge in [-0.1, -0.05) is 42.5 Å². The zero-order valence-corrected chi connectivity index (χ0v) is 16.9. The van der Waals surface area contributed by atoms with Crippen molar-refractivity contribution in [1.82, 2.24) is 9.80 Å². The van der Waals surface area contributed by atoms with Gasteiger partial charge in [-0.3, -0.25) is 14.4 Å². The normalized spacial score (nSPS) is 15.6. The molecule has 1 saturated carbocycles. The molecular weight excluding hydrogens is 382 g/mol. The molecule has 0 aromatic heterocycles. The zero-order chi connectivity index (χ0) is 21.3. The van der Waals surface area contributed by atoms with Crippen LogP contribution >= 0.6 is 0 Å². The molecule has 2 aromatic carbocycles. The summed E-state index contributed by atoms with van der Waals surface area (Å²) in [6, 6.07) is 17.3. The van der Waals surface area contributed by atoms with Gasteiger partial charge in [0, 0.05) is 26.2 Å². The monoisotopic (exact) mass is 409 g/mol. The third kappa shape index (κ3) is 6.07. The summed E-state index contributed by atoms with van der Waals surface area (Å²) in [5, 5.41) is 0. The predicted octanol–water partition coefficient (Wildman–Crippen LogP) is 2.03. The molecule has 2 aliphatic rings. The number of benzene rings is 2. The van der Waals surface area contributed by atoms with E-state index >= 15 is 0 Å². The molecule has 0 atom stereocenters. The van der Waals surface area contributed by atoms with E-state index in [2.05, 4.69) is 30.3 Å². The highest BCUT2D eigenvalue weighted by Crippen LogP contribution is 2.39. The number of carbonyl (C=O) groups excluding carboxylic acids is 3. The lowest BCUT2D eigenvalue weighted by Crippen LogP contribution is -2.49. The van der Waals surface area contributed by atoms with Gasteiger partial charge in [-0.25, -0.2) is 0 Å². The van der Waals surface area contributed by atoms with Crippen molar-refractivity contribution in [2.24, 2.45) is 5.73 Å². The molecule has 1 aliphatic heterocycles. The Labute approximate surface area is 176 Å². The summed E-state index contributed by atoms with van der Waals surface area (Å²) >= 11 is 0. The number of nitrogens with two attached hydrogens (primary N) is 1. The molecule has 2 N–H and O–H groups in total. The number of hydrogen-bond donors (Lipinski definition) is 1. The van der Waals surface area contributed by atoms with Gasteiger partial charge in [0.2, 0.25) is 6.41 Å². The first kappa shape index (κ1) is 21.4. The molecule has 7 heteroatoms. The number of para-hydroxylation sites is 1. The van der Waals surface area contributed by atoms with E-state index in [1.54, 1.807) is 34.1 Å². The van der Waals surface area contributed by atoms with Crippen molar-refractivity contribution < 1.29 is 19.1 Å². The Morgan fingerprint density at radius 1 is 0.967 bits per heavy atom. The fourth-order valence-electron chi connectivity index (χ4n) is 3.25. The average Bonchev–Trinajstić information content (AvgIpc) is 3.64. The number of hydrogen-bond acceptors (Lipinski definition) is 4. The Balaban J connectivity index is 0.000000234. The van der Waals surface area contributed by atoms with E-state index in [1.165, 1.54) is 18.4 Å². The molecule has 7 nitrogen and oxygen atoms in total. The van der Waals surface area contributed by atoms with Crippen molar-refractivity contribution in [3.05, 3.63) is 65.7 Å². The second-order valence-electron chi connectivity index (χ2n) is 7.36. The second kappa shape index (κ2) is 10.4. The van der Waals surface area contributed by atoms with Crippen molar-refractivity contribution >= 4 is 18.2 Å². The lowest BCUT2D eigenvalue weighted by molar-refractivity contribution is -0.137. The highest BCUT2D eigenvalue weighted by molar-refractivity contribution is 5.95. The second-order valence-corrected chi connectivity index (χ2v) is 7.36. The first-order chi connectivity index (χ1) is 14.6. The van der Waals surface area contributed by atoms with Gasteiger partial charge in [-0.05, 0) is 36.5 Å². The lowest BCUT2D eigenvalue weighted by atomic mass is 10.1. The minimum absolute atomic E-state index is 0.161. The molecule has 30 heavy (non-hydrogen) atoms. The largest absolute Gasteiger partial charge is 0.483 e. The highest BCUT2D eigenvalue weighted by Gasteiger charge is 2.22. The van der Waals surface area contributed by atoms with Gasteiger partial charge in [-0.15, -0.1) is 0 Å². The van der Waals surface area contributed by atoms with E-state index in [1.807, 2.05) is 0 Å². The summed E-state index contributed by atoms with van der Waals surface area (Å²) < 4.78 is 5.39. The minimum atomic E-state index is -0.599. The number of amides is 3. The van der Waals surface area contributed by atoms with Crippen LogP contribution in [0.5, 0.6) is 5.75 Å². The van der Waals surface area contributed by atoms with Gasteiger partial charge in [0.15, 0.2) is 6.61 Å². The molecule has 2 aromatic rings. The molecule has 3 amide bonds. The molecular formula is C23H27N3O4. The lowest BCUT2D eigenvalue weighted by Gasteiger charge is -2.32. The molecule has 0 spiro atoms. The van der Waals surface area contributed by atoms with Crippen LogP contribution in [0, 0.1) is 0 Å². The smallest absolute Gasteiger partial charge is 0.260 e. The van der Waals surface area contributed by atoms with E-state index in [9.17, 15) is 14.4 Å². The van der Waals surface area contributed by atoms with Crippen molar-refractivity contribution in [2.45, 2.75) is 18.8 Å². The van der Waals surface area contributed by atoms with E-state index in [0.717, 1.165) is 12.3 Å². The number of ether oxygens (including phenoxy) is 1. The van der Waals surface area contributed by atoms with E-state index < -0.39 is 5.91 Å². The van der Waals surface area contributed by atoms with Crippen LogP contribution in [0.25, 0.3) is 0 Å². The van der Waals surface area contributed by atoms with Gasteiger partial charge in [0.1, 0.15) is 5.75 Å². The number of carbonyl (C=O) groups is 3. The first-order valence-electron chi connectivity index (χ1n) is 10.1. The molecule has 0 radical (unpaired) electrons. The summed E-state index contributed by atoms with van der Waals surface area (Å²) in [5.74, 6) is 0.425. The van der Waals surface area contributed by atoms with Crippen LogP contribution in [-0.2, 0) is 9.59 Å². The fourth-order valence-corrected chi connectivity index (χ4v) is 3.25. The van der Waals surface area contributed by atoms with E-state index in [-0.39, 0.29) is 18.1 Å². The van der Waals surface area contributed by atoms with Crippen LogP contribution in [-0.4, -0.2) is 60.8 Å². The molecule has 2 fully saturated rings. The van der Waals surface area contributed by atoms with Gasteiger partial charge >= 0.3 is 0 Å². The van der Waals surface area contributed by atoms with Crippen molar-refractivity contribution in [1.29, 1.82) is 0 Å². The summed E-state index contributed by atoms with van der Waals surface area (Å²) in [6.45, 7) is 1.85. The third-order valence-electron chi connectivity index (χ3n) is 5.17. The van der Waals surface area contributed by atoms with Crippen molar-refractivity contribution in [2.75, 3.05) is 32.8 Å². The van der Waals surface area contributed by atoms with Crippen molar-refractivity contribution in [3.8, 4) is 5.75 Å². The maximum atomic E-state index is 12.0. The maximum absolute atomic E-state index is 12.0. The molecule has 1 heterocycles. The minimum Gasteiger partial charge on any atom is -0.483 e. The Bertz CT molecular complexity index is 860.